The number of benzene rings is 1. The zero-order chi connectivity index (χ0) is 16.6. The van der Waals surface area contributed by atoms with Crippen LogP contribution in [0.3, 0.4) is 0 Å². The van der Waals surface area contributed by atoms with Gasteiger partial charge in [0.25, 0.3) is 5.91 Å². The number of nitrogens with zero attached hydrogens (tertiary/aromatic N) is 3. The van der Waals surface area contributed by atoms with Crippen molar-refractivity contribution < 1.29 is 4.79 Å². The molecule has 0 fully saturated rings. The predicted molar refractivity (Wildman–Crippen MR) is 89.2 cm³/mol. The summed E-state index contributed by atoms with van der Waals surface area (Å²) in [6, 6.07) is 5.48. The molecule has 0 aliphatic rings. The number of nitrogen functional groups attached to an aromatic ring is 1. The number of rotatable bonds is 2. The van der Waals surface area contributed by atoms with Gasteiger partial charge >= 0.3 is 0 Å². The van der Waals surface area contributed by atoms with Crippen LogP contribution >= 0.6 is 0 Å². The van der Waals surface area contributed by atoms with Crippen LogP contribution in [0, 0.1) is 0 Å². The van der Waals surface area contributed by atoms with Crippen LogP contribution in [-0.4, -0.2) is 25.8 Å². The van der Waals surface area contributed by atoms with E-state index >= 15 is 0 Å². The number of nitrogens with one attached hydrogen (secondary N) is 2. The molecule has 23 heavy (non-hydrogen) atoms. The van der Waals surface area contributed by atoms with E-state index in [0.717, 1.165) is 16.9 Å². The lowest BCUT2D eigenvalue weighted by molar-refractivity contribution is 0.102. The van der Waals surface area contributed by atoms with Crippen molar-refractivity contribution in [2.45, 2.75) is 26.2 Å². The summed E-state index contributed by atoms with van der Waals surface area (Å²) in [5.74, 6) is 0.599. The van der Waals surface area contributed by atoms with Gasteiger partial charge in [-0.3, -0.25) is 4.79 Å². The first-order chi connectivity index (χ1) is 10.8. The molecule has 0 atom stereocenters. The Bertz CT molecular complexity index is 878. The van der Waals surface area contributed by atoms with E-state index in [9.17, 15) is 4.79 Å². The third kappa shape index (κ3) is 2.98. The average molecular weight is 310 g/mol. The molecule has 118 valence electrons. The van der Waals surface area contributed by atoms with Crippen molar-refractivity contribution in [3.63, 3.8) is 0 Å². The van der Waals surface area contributed by atoms with Crippen LogP contribution < -0.4 is 11.1 Å². The zero-order valence-electron chi connectivity index (χ0n) is 13.2. The predicted octanol–water partition coefficient (Wildman–Crippen LogP) is 2.48. The van der Waals surface area contributed by atoms with Crippen LogP contribution in [0.25, 0.3) is 11.0 Å². The summed E-state index contributed by atoms with van der Waals surface area (Å²) in [7, 11) is 0. The highest BCUT2D eigenvalue weighted by Gasteiger charge is 2.18. The lowest BCUT2D eigenvalue weighted by atomic mass is 9.96. The first kappa shape index (κ1) is 15.0. The fraction of sp³-hybridized carbons (Fsp3) is 0.250. The molecule has 0 spiro atoms. The molecule has 7 nitrogen and oxygen atoms in total. The molecule has 7 heteroatoms. The second-order valence-corrected chi connectivity index (χ2v) is 6.31. The highest BCUT2D eigenvalue weighted by molar-refractivity contribution is 6.06. The number of fused-ring (bicyclic) bond motifs is 1. The number of H-pyrrole nitrogens is 1. The van der Waals surface area contributed by atoms with Gasteiger partial charge in [-0.1, -0.05) is 20.8 Å². The second-order valence-electron chi connectivity index (χ2n) is 6.31. The molecule has 0 saturated carbocycles. The molecule has 0 aliphatic heterocycles. The number of hydrogen-bond donors (Lipinski definition) is 3. The number of anilines is 2. The first-order valence-corrected chi connectivity index (χ1v) is 7.22. The van der Waals surface area contributed by atoms with Crippen LogP contribution in [0.1, 0.15) is 37.1 Å². The molecular formula is C16H18N6O. The average Bonchev–Trinajstić information content (AvgIpc) is 2.91. The number of imidazole rings is 1. The first-order valence-electron chi connectivity index (χ1n) is 7.22. The maximum atomic E-state index is 12.2. The Kier molecular flexibility index (Phi) is 3.48. The summed E-state index contributed by atoms with van der Waals surface area (Å²) in [6.07, 6.45) is 2.87. The van der Waals surface area contributed by atoms with Crippen LogP contribution in [0.15, 0.2) is 30.6 Å². The van der Waals surface area contributed by atoms with Crippen LogP contribution in [0.4, 0.5) is 11.5 Å². The fourth-order valence-corrected chi connectivity index (χ4v) is 2.16. The SMILES string of the molecule is CC(C)(C)c1nc2ccc(NC(=O)c3nccnc3N)cc2[nH]1. The zero-order valence-corrected chi connectivity index (χ0v) is 13.2. The van der Waals surface area contributed by atoms with Crippen LogP contribution in [0.5, 0.6) is 0 Å². The Hall–Kier alpha value is -2.96. The Morgan fingerprint density at radius 1 is 1.22 bits per heavy atom. The highest BCUT2D eigenvalue weighted by atomic mass is 16.1. The maximum absolute atomic E-state index is 12.2. The van der Waals surface area contributed by atoms with Gasteiger partial charge in [-0.25, -0.2) is 15.0 Å². The molecule has 2 aromatic heterocycles. The standard InChI is InChI=1S/C16H18N6O/c1-16(2,3)15-21-10-5-4-9(8-11(10)22-15)20-14(23)12-13(17)19-7-6-18-12/h4-8H,1-3H3,(H2,17,19)(H,20,23)(H,21,22). The fourth-order valence-electron chi connectivity index (χ4n) is 2.16. The minimum absolute atomic E-state index is 0.0729. The van der Waals surface area contributed by atoms with E-state index in [2.05, 4.69) is 46.0 Å². The molecule has 1 amide bonds. The molecule has 3 rings (SSSR count). The largest absolute Gasteiger partial charge is 0.382 e. The van der Waals surface area contributed by atoms with E-state index in [0.29, 0.717) is 5.69 Å². The van der Waals surface area contributed by atoms with Crippen molar-refractivity contribution in [2.75, 3.05) is 11.1 Å². The lowest BCUT2D eigenvalue weighted by Crippen LogP contribution is -2.16. The number of hydrogen-bond acceptors (Lipinski definition) is 5. The van der Waals surface area contributed by atoms with E-state index in [1.54, 1.807) is 6.07 Å². The molecule has 2 heterocycles. The summed E-state index contributed by atoms with van der Waals surface area (Å²) in [6.45, 7) is 6.26. The number of carbonyl (C=O) groups excluding carboxylic acids is 1. The van der Waals surface area contributed by atoms with Gasteiger partial charge in [-0.05, 0) is 18.2 Å². The highest BCUT2D eigenvalue weighted by Crippen LogP contribution is 2.24. The number of amides is 1. The van der Waals surface area contributed by atoms with Gasteiger partial charge < -0.3 is 16.0 Å². The van der Waals surface area contributed by atoms with E-state index < -0.39 is 5.91 Å². The summed E-state index contributed by atoms with van der Waals surface area (Å²) < 4.78 is 0. The molecule has 0 saturated heterocycles. The second kappa shape index (κ2) is 5.35. The Morgan fingerprint density at radius 2 is 1.96 bits per heavy atom. The Morgan fingerprint density at radius 3 is 2.65 bits per heavy atom. The van der Waals surface area contributed by atoms with Crippen molar-refractivity contribution in [1.29, 1.82) is 0 Å². The van der Waals surface area contributed by atoms with Gasteiger partial charge in [0.2, 0.25) is 0 Å². The van der Waals surface area contributed by atoms with E-state index in [1.807, 2.05) is 12.1 Å². The minimum atomic E-state index is -0.398. The summed E-state index contributed by atoms with van der Waals surface area (Å²) in [4.78, 5) is 27.9. The Balaban J connectivity index is 1.89. The number of nitrogens with two attached hydrogens (primary N) is 1. The number of aromatic amines is 1. The molecule has 1 aromatic carbocycles. The van der Waals surface area contributed by atoms with E-state index in [4.69, 9.17) is 5.73 Å². The van der Waals surface area contributed by atoms with Gasteiger partial charge in [0, 0.05) is 23.5 Å². The van der Waals surface area contributed by atoms with E-state index in [1.165, 1.54) is 12.4 Å². The molecule has 0 bridgehead atoms. The number of aromatic nitrogens is 4. The van der Waals surface area contributed by atoms with Crippen molar-refractivity contribution in [3.05, 3.63) is 42.1 Å². The van der Waals surface area contributed by atoms with Gasteiger partial charge in [0.1, 0.15) is 5.82 Å². The summed E-state index contributed by atoms with van der Waals surface area (Å²) in [5, 5.41) is 2.77. The summed E-state index contributed by atoms with van der Waals surface area (Å²) in [5.41, 5.74) is 8.05. The topological polar surface area (TPSA) is 110 Å². The van der Waals surface area contributed by atoms with Gasteiger partial charge in [0.05, 0.1) is 11.0 Å². The normalized spacial score (nSPS) is 11.6. The molecule has 3 aromatic rings. The monoisotopic (exact) mass is 310 g/mol. The quantitative estimate of drug-likeness (QED) is 0.673. The maximum Gasteiger partial charge on any atom is 0.278 e. The lowest BCUT2D eigenvalue weighted by Gasteiger charge is -2.13. The van der Waals surface area contributed by atoms with Gasteiger partial charge in [-0.15, -0.1) is 0 Å². The van der Waals surface area contributed by atoms with Gasteiger partial charge in [0.15, 0.2) is 11.5 Å². The molecule has 4 N–H and O–H groups in total. The minimum Gasteiger partial charge on any atom is -0.382 e. The van der Waals surface area contributed by atoms with Crippen molar-refractivity contribution in [1.82, 2.24) is 19.9 Å². The molecular weight excluding hydrogens is 292 g/mol. The molecule has 0 aliphatic carbocycles. The van der Waals surface area contributed by atoms with Crippen LogP contribution in [0.2, 0.25) is 0 Å². The smallest absolute Gasteiger partial charge is 0.278 e. The van der Waals surface area contributed by atoms with Crippen molar-refractivity contribution >= 4 is 28.4 Å². The Labute approximate surface area is 133 Å². The summed E-state index contributed by atoms with van der Waals surface area (Å²) >= 11 is 0. The van der Waals surface area contributed by atoms with Crippen LogP contribution in [-0.2, 0) is 5.41 Å². The van der Waals surface area contributed by atoms with Crippen molar-refractivity contribution in [3.8, 4) is 0 Å². The van der Waals surface area contributed by atoms with Crippen molar-refractivity contribution in [2.24, 2.45) is 0 Å². The third-order valence-corrected chi connectivity index (χ3v) is 3.39. The van der Waals surface area contributed by atoms with E-state index in [-0.39, 0.29) is 16.9 Å². The van der Waals surface area contributed by atoms with Gasteiger partial charge in [-0.2, -0.15) is 0 Å². The molecule has 0 radical (unpaired) electrons. The number of carbonyl (C=O) groups is 1. The third-order valence-electron chi connectivity index (χ3n) is 3.39. The molecule has 0 unspecified atom stereocenters.